The number of hydrogen-bond donors (Lipinski definition) is 1. The molecule has 0 atom stereocenters. The van der Waals surface area contributed by atoms with Crippen molar-refractivity contribution in [3.8, 4) is 11.5 Å². The van der Waals surface area contributed by atoms with Gasteiger partial charge in [-0.25, -0.2) is 0 Å². The van der Waals surface area contributed by atoms with Crippen LogP contribution in [0.4, 0.5) is 0 Å². The van der Waals surface area contributed by atoms with E-state index in [0.717, 1.165) is 24.3 Å². The lowest BCUT2D eigenvalue weighted by Crippen LogP contribution is -2.16. The Kier molecular flexibility index (Phi) is 5.32. The maximum absolute atomic E-state index is 6.16. The molecule has 2 aromatic rings. The summed E-state index contributed by atoms with van der Waals surface area (Å²) >= 11 is 6.16. The molecule has 108 valence electrons. The van der Waals surface area contributed by atoms with Crippen LogP contribution in [0.1, 0.15) is 11.3 Å². The lowest BCUT2D eigenvalue weighted by atomic mass is 10.2. The minimum atomic E-state index is 0.551. The number of methoxy groups -OCH3 is 2. The molecule has 0 radical (unpaired) electrons. The van der Waals surface area contributed by atoms with Crippen LogP contribution in [-0.4, -0.2) is 20.8 Å². The van der Waals surface area contributed by atoms with Crippen molar-refractivity contribution in [1.82, 2.24) is 5.32 Å². The van der Waals surface area contributed by atoms with Crippen molar-refractivity contribution >= 4 is 11.6 Å². The molecule has 2 rings (SSSR count). The quantitative estimate of drug-likeness (QED) is 0.796. The van der Waals surface area contributed by atoms with Crippen molar-refractivity contribution in [2.24, 2.45) is 0 Å². The van der Waals surface area contributed by atoms with Crippen molar-refractivity contribution < 1.29 is 13.9 Å². The van der Waals surface area contributed by atoms with Gasteiger partial charge >= 0.3 is 0 Å². The average Bonchev–Trinajstić information content (AvgIpc) is 2.96. The molecular weight excluding hydrogens is 278 g/mol. The van der Waals surface area contributed by atoms with E-state index in [2.05, 4.69) is 5.32 Å². The van der Waals surface area contributed by atoms with Gasteiger partial charge in [-0.15, -0.1) is 0 Å². The molecule has 0 aliphatic heterocycles. The molecular formula is C15H18ClNO3. The summed E-state index contributed by atoms with van der Waals surface area (Å²) in [5.74, 6) is 2.18. The van der Waals surface area contributed by atoms with E-state index in [4.69, 9.17) is 25.5 Å². The smallest absolute Gasteiger partial charge is 0.179 e. The molecule has 0 amide bonds. The maximum atomic E-state index is 6.16. The van der Waals surface area contributed by atoms with Crippen LogP contribution in [0, 0.1) is 0 Å². The molecule has 0 fully saturated rings. The van der Waals surface area contributed by atoms with Crippen LogP contribution >= 0.6 is 11.6 Å². The van der Waals surface area contributed by atoms with Crippen molar-refractivity contribution in [2.45, 2.75) is 13.0 Å². The van der Waals surface area contributed by atoms with E-state index in [-0.39, 0.29) is 0 Å². The number of hydrogen-bond acceptors (Lipinski definition) is 4. The lowest BCUT2D eigenvalue weighted by molar-refractivity contribution is 0.354. The second-order valence-corrected chi connectivity index (χ2v) is 4.73. The summed E-state index contributed by atoms with van der Waals surface area (Å²) < 4.78 is 15.8. The topological polar surface area (TPSA) is 43.6 Å². The summed E-state index contributed by atoms with van der Waals surface area (Å²) in [6.45, 7) is 1.54. The van der Waals surface area contributed by atoms with Crippen molar-refractivity contribution in [1.29, 1.82) is 0 Å². The molecule has 1 aromatic carbocycles. The van der Waals surface area contributed by atoms with Crippen LogP contribution in [0.2, 0.25) is 5.02 Å². The van der Waals surface area contributed by atoms with Gasteiger partial charge in [0.15, 0.2) is 11.5 Å². The fourth-order valence-corrected chi connectivity index (χ4v) is 2.28. The standard InChI is InChI=1S/C15H18ClNO3/c1-18-14-9-11(8-13(16)15(14)19-2)10-17-6-5-12-4-3-7-20-12/h3-4,7-9,17H,5-6,10H2,1-2H3. The molecule has 1 heterocycles. The molecule has 5 heteroatoms. The number of furan rings is 1. The van der Waals surface area contributed by atoms with Crippen molar-refractivity contribution in [3.05, 3.63) is 46.9 Å². The first-order valence-corrected chi connectivity index (χ1v) is 6.76. The zero-order valence-corrected chi connectivity index (χ0v) is 12.4. The number of benzene rings is 1. The molecule has 0 saturated heterocycles. The SMILES string of the molecule is COc1cc(CNCCc2ccco2)cc(Cl)c1OC. The average molecular weight is 296 g/mol. The second-order valence-electron chi connectivity index (χ2n) is 4.32. The van der Waals surface area contributed by atoms with Crippen LogP contribution in [0.15, 0.2) is 34.9 Å². The van der Waals surface area contributed by atoms with E-state index in [1.165, 1.54) is 0 Å². The highest BCUT2D eigenvalue weighted by Crippen LogP contribution is 2.35. The van der Waals surface area contributed by atoms with Gasteiger partial charge in [-0.05, 0) is 29.8 Å². The van der Waals surface area contributed by atoms with Gasteiger partial charge in [0.25, 0.3) is 0 Å². The number of ether oxygens (including phenoxy) is 2. The summed E-state index contributed by atoms with van der Waals surface area (Å²) in [6.07, 6.45) is 2.54. The summed E-state index contributed by atoms with van der Waals surface area (Å²) in [7, 11) is 3.17. The van der Waals surface area contributed by atoms with E-state index in [9.17, 15) is 0 Å². The van der Waals surface area contributed by atoms with Crippen LogP contribution < -0.4 is 14.8 Å². The Hall–Kier alpha value is -1.65. The molecule has 0 spiro atoms. The molecule has 1 aromatic heterocycles. The minimum Gasteiger partial charge on any atom is -0.493 e. The van der Waals surface area contributed by atoms with Crippen molar-refractivity contribution in [3.63, 3.8) is 0 Å². The second kappa shape index (κ2) is 7.22. The Morgan fingerprint density at radius 3 is 2.75 bits per heavy atom. The zero-order chi connectivity index (χ0) is 14.4. The first kappa shape index (κ1) is 14.8. The van der Waals surface area contributed by atoms with E-state index in [1.54, 1.807) is 20.5 Å². The Labute approximate surface area is 123 Å². The molecule has 0 aliphatic carbocycles. The number of nitrogens with one attached hydrogen (secondary N) is 1. The molecule has 0 saturated carbocycles. The van der Waals surface area contributed by atoms with Gasteiger partial charge in [0.1, 0.15) is 5.76 Å². The van der Waals surface area contributed by atoms with Crippen LogP contribution in [-0.2, 0) is 13.0 Å². The molecule has 1 N–H and O–H groups in total. The first-order chi connectivity index (χ1) is 9.74. The third-order valence-corrected chi connectivity index (χ3v) is 3.23. The summed E-state index contributed by atoms with van der Waals surface area (Å²) in [6, 6.07) is 7.66. The fraction of sp³-hybridized carbons (Fsp3) is 0.333. The van der Waals surface area contributed by atoms with Gasteiger partial charge < -0.3 is 19.2 Å². The number of rotatable bonds is 7. The molecule has 20 heavy (non-hydrogen) atoms. The third-order valence-electron chi connectivity index (χ3n) is 2.95. The van der Waals surface area contributed by atoms with Crippen LogP contribution in [0.25, 0.3) is 0 Å². The van der Waals surface area contributed by atoms with E-state index >= 15 is 0 Å². The van der Waals surface area contributed by atoms with Gasteiger partial charge in [-0.1, -0.05) is 11.6 Å². The van der Waals surface area contributed by atoms with Gasteiger partial charge in [-0.3, -0.25) is 0 Å². The van der Waals surface area contributed by atoms with Gasteiger partial charge in [0, 0.05) is 19.5 Å². The zero-order valence-electron chi connectivity index (χ0n) is 11.6. The van der Waals surface area contributed by atoms with Gasteiger partial charge in [0.05, 0.1) is 25.5 Å². The number of halogens is 1. The van der Waals surface area contributed by atoms with Gasteiger partial charge in [-0.2, -0.15) is 0 Å². The monoisotopic (exact) mass is 295 g/mol. The highest BCUT2D eigenvalue weighted by molar-refractivity contribution is 6.32. The Bertz CT molecular complexity index is 540. The van der Waals surface area contributed by atoms with E-state index in [1.807, 2.05) is 24.3 Å². The summed E-state index contributed by atoms with van der Waals surface area (Å²) in [4.78, 5) is 0. The Balaban J connectivity index is 1.91. The first-order valence-electron chi connectivity index (χ1n) is 6.38. The Morgan fingerprint density at radius 2 is 2.10 bits per heavy atom. The molecule has 4 nitrogen and oxygen atoms in total. The largest absolute Gasteiger partial charge is 0.493 e. The Morgan fingerprint density at radius 1 is 1.25 bits per heavy atom. The van der Waals surface area contributed by atoms with E-state index < -0.39 is 0 Å². The van der Waals surface area contributed by atoms with Crippen molar-refractivity contribution in [2.75, 3.05) is 20.8 Å². The van der Waals surface area contributed by atoms with Gasteiger partial charge in [0.2, 0.25) is 0 Å². The molecule has 0 unspecified atom stereocenters. The highest BCUT2D eigenvalue weighted by atomic mass is 35.5. The normalized spacial score (nSPS) is 10.6. The summed E-state index contributed by atoms with van der Waals surface area (Å²) in [5, 5.41) is 3.89. The molecule has 0 bridgehead atoms. The predicted octanol–water partition coefficient (Wildman–Crippen LogP) is 3.28. The van der Waals surface area contributed by atoms with Crippen LogP contribution in [0.5, 0.6) is 11.5 Å². The fourth-order valence-electron chi connectivity index (χ4n) is 1.97. The predicted molar refractivity (Wildman–Crippen MR) is 78.7 cm³/mol. The minimum absolute atomic E-state index is 0.551. The third kappa shape index (κ3) is 3.68. The summed E-state index contributed by atoms with van der Waals surface area (Å²) in [5.41, 5.74) is 1.05. The van der Waals surface area contributed by atoms with E-state index in [0.29, 0.717) is 23.1 Å². The molecule has 0 aliphatic rings. The highest BCUT2D eigenvalue weighted by Gasteiger charge is 2.10. The lowest BCUT2D eigenvalue weighted by Gasteiger charge is -2.12. The van der Waals surface area contributed by atoms with Crippen LogP contribution in [0.3, 0.4) is 0 Å². The maximum Gasteiger partial charge on any atom is 0.179 e.